The molecule has 0 aliphatic heterocycles. The van der Waals surface area contributed by atoms with Crippen LogP contribution in [0, 0.1) is 5.82 Å². The van der Waals surface area contributed by atoms with Crippen molar-refractivity contribution in [3.8, 4) is 17.1 Å². The molecule has 27 heavy (non-hydrogen) atoms. The van der Waals surface area contributed by atoms with Crippen LogP contribution >= 0.6 is 11.3 Å². The molecule has 8 heteroatoms. The van der Waals surface area contributed by atoms with E-state index in [0.29, 0.717) is 22.8 Å². The fourth-order valence-electron chi connectivity index (χ4n) is 3.08. The Labute approximate surface area is 155 Å². The van der Waals surface area contributed by atoms with Crippen LogP contribution in [0.25, 0.3) is 38.5 Å². The molecule has 0 saturated carbocycles. The van der Waals surface area contributed by atoms with Crippen LogP contribution in [0.2, 0.25) is 0 Å². The highest BCUT2D eigenvalue weighted by atomic mass is 32.1. The summed E-state index contributed by atoms with van der Waals surface area (Å²) in [6.07, 6.45) is 0. The number of hydrogen-bond donors (Lipinski definition) is 2. The van der Waals surface area contributed by atoms with Crippen LogP contribution in [0.15, 0.2) is 59.4 Å². The van der Waals surface area contributed by atoms with E-state index in [9.17, 15) is 9.18 Å². The maximum Gasteiger partial charge on any atom is 0.305 e. The normalized spacial score (nSPS) is 11.4. The first kappa shape index (κ1) is 15.7. The Hall–Kier alpha value is -3.52. The molecule has 0 aliphatic carbocycles. The van der Waals surface area contributed by atoms with Crippen molar-refractivity contribution >= 4 is 38.5 Å². The highest BCUT2D eigenvalue weighted by Gasteiger charge is 2.16. The number of aromatic nitrogens is 4. The molecule has 0 atom stereocenters. The zero-order chi connectivity index (χ0) is 18.5. The smallest absolute Gasteiger partial charge is 0.305 e. The Kier molecular flexibility index (Phi) is 3.34. The van der Waals surface area contributed by atoms with Crippen molar-refractivity contribution in [2.45, 2.75) is 0 Å². The summed E-state index contributed by atoms with van der Waals surface area (Å²) in [7, 11) is 0. The van der Waals surface area contributed by atoms with Gasteiger partial charge in [0.25, 0.3) is 0 Å². The summed E-state index contributed by atoms with van der Waals surface area (Å²) in [5.41, 5.74) is 9.46. The monoisotopic (exact) mass is 377 g/mol. The third-order valence-corrected chi connectivity index (χ3v) is 5.14. The number of nitrogens with one attached hydrogen (secondary N) is 1. The Balaban J connectivity index is 1.84. The third kappa shape index (κ3) is 2.58. The number of pyridine rings is 1. The Morgan fingerprint density at radius 2 is 1.85 bits per heavy atom. The van der Waals surface area contributed by atoms with Crippen molar-refractivity contribution in [2.75, 3.05) is 5.73 Å². The molecule has 3 aromatic heterocycles. The molecule has 0 aliphatic rings. The predicted molar refractivity (Wildman–Crippen MR) is 105 cm³/mol. The highest BCUT2D eigenvalue weighted by Crippen LogP contribution is 2.30. The Morgan fingerprint density at radius 1 is 1.04 bits per heavy atom. The van der Waals surface area contributed by atoms with E-state index in [-0.39, 0.29) is 10.7 Å². The second-order valence-corrected chi connectivity index (χ2v) is 7.07. The first-order valence-corrected chi connectivity index (χ1v) is 8.94. The van der Waals surface area contributed by atoms with Crippen molar-refractivity contribution < 1.29 is 4.39 Å². The summed E-state index contributed by atoms with van der Waals surface area (Å²) < 4.78 is 16.1. The molecule has 3 heterocycles. The molecule has 0 radical (unpaired) electrons. The number of aromatic amines is 1. The number of benzene rings is 2. The lowest BCUT2D eigenvalue weighted by atomic mass is 10.2. The number of anilines is 1. The lowest BCUT2D eigenvalue weighted by Gasteiger charge is -2.09. The summed E-state index contributed by atoms with van der Waals surface area (Å²) in [5.74, 6) is 0.675. The molecule has 3 N–H and O–H groups in total. The van der Waals surface area contributed by atoms with Crippen LogP contribution in [0.1, 0.15) is 0 Å². The second-order valence-electron chi connectivity index (χ2n) is 6.05. The molecule has 5 rings (SSSR count). The number of imidazole rings is 1. The van der Waals surface area contributed by atoms with Gasteiger partial charge >= 0.3 is 4.87 Å². The lowest BCUT2D eigenvalue weighted by molar-refractivity contribution is 0.628. The SMILES string of the molecule is Nc1ccc2nc(-c3ccc(F)cc3)n(-c3ccc4[nH]c(=O)sc4c3)c2n1. The minimum Gasteiger partial charge on any atom is -0.384 e. The van der Waals surface area contributed by atoms with E-state index in [0.717, 1.165) is 32.8 Å². The number of hydrogen-bond acceptors (Lipinski definition) is 5. The van der Waals surface area contributed by atoms with Crippen molar-refractivity contribution in [1.29, 1.82) is 0 Å². The molecular formula is C19H12FN5OS. The number of thiazole rings is 1. The second kappa shape index (κ2) is 5.75. The van der Waals surface area contributed by atoms with E-state index in [1.54, 1.807) is 24.3 Å². The maximum atomic E-state index is 13.4. The van der Waals surface area contributed by atoms with Gasteiger partial charge in [0.05, 0.1) is 15.9 Å². The summed E-state index contributed by atoms with van der Waals surface area (Å²) in [4.78, 5) is 23.4. The minimum atomic E-state index is -0.317. The average Bonchev–Trinajstić information content (AvgIpc) is 3.20. The van der Waals surface area contributed by atoms with Crippen LogP contribution in [0.4, 0.5) is 10.2 Å². The topological polar surface area (TPSA) is 89.6 Å². The molecule has 0 bridgehead atoms. The van der Waals surface area contributed by atoms with Gasteiger partial charge in [-0.1, -0.05) is 11.3 Å². The number of rotatable bonds is 2. The van der Waals surface area contributed by atoms with E-state index < -0.39 is 0 Å². The number of nitrogens with zero attached hydrogens (tertiary/aromatic N) is 3. The Bertz CT molecular complexity index is 1370. The average molecular weight is 377 g/mol. The number of fused-ring (bicyclic) bond motifs is 2. The van der Waals surface area contributed by atoms with Crippen LogP contribution in [-0.2, 0) is 0 Å². The van der Waals surface area contributed by atoms with Crippen LogP contribution in [0.3, 0.4) is 0 Å². The number of halogens is 1. The number of nitrogen functional groups attached to an aromatic ring is 1. The summed E-state index contributed by atoms with van der Waals surface area (Å²) in [5, 5.41) is 0. The molecule has 132 valence electrons. The lowest BCUT2D eigenvalue weighted by Crippen LogP contribution is -2.00. The summed E-state index contributed by atoms with van der Waals surface area (Å²) >= 11 is 1.14. The number of H-pyrrole nitrogens is 1. The van der Waals surface area contributed by atoms with Crippen LogP contribution in [0.5, 0.6) is 0 Å². The van der Waals surface area contributed by atoms with Crippen molar-refractivity contribution in [3.05, 3.63) is 70.1 Å². The van der Waals surface area contributed by atoms with Crippen molar-refractivity contribution in [3.63, 3.8) is 0 Å². The minimum absolute atomic E-state index is 0.112. The van der Waals surface area contributed by atoms with Gasteiger partial charge in [-0.3, -0.25) is 9.36 Å². The van der Waals surface area contributed by atoms with Gasteiger partial charge in [0, 0.05) is 5.56 Å². The maximum absolute atomic E-state index is 13.4. The number of nitrogens with two attached hydrogens (primary N) is 1. The highest BCUT2D eigenvalue weighted by molar-refractivity contribution is 7.16. The van der Waals surface area contributed by atoms with Crippen LogP contribution in [-0.4, -0.2) is 19.5 Å². The molecule has 2 aromatic carbocycles. The van der Waals surface area contributed by atoms with Gasteiger partial charge in [-0.25, -0.2) is 14.4 Å². The predicted octanol–water partition coefficient (Wildman–Crippen LogP) is 3.71. The van der Waals surface area contributed by atoms with Gasteiger partial charge in [-0.2, -0.15) is 0 Å². The molecule has 0 unspecified atom stereocenters. The first-order chi connectivity index (χ1) is 13.1. The first-order valence-electron chi connectivity index (χ1n) is 8.13. The fraction of sp³-hybridized carbons (Fsp3) is 0. The summed E-state index contributed by atoms with van der Waals surface area (Å²) in [6.45, 7) is 0. The van der Waals surface area contributed by atoms with E-state index in [4.69, 9.17) is 5.73 Å². The zero-order valence-electron chi connectivity index (χ0n) is 13.8. The molecule has 0 amide bonds. The van der Waals surface area contributed by atoms with Gasteiger partial charge in [-0.05, 0) is 54.6 Å². The van der Waals surface area contributed by atoms with E-state index >= 15 is 0 Å². The quantitative estimate of drug-likeness (QED) is 0.491. The molecule has 6 nitrogen and oxygen atoms in total. The summed E-state index contributed by atoms with van der Waals surface area (Å²) in [6, 6.07) is 15.2. The van der Waals surface area contributed by atoms with Crippen molar-refractivity contribution in [2.24, 2.45) is 0 Å². The van der Waals surface area contributed by atoms with E-state index in [1.807, 2.05) is 22.8 Å². The molecule has 0 saturated heterocycles. The third-order valence-electron chi connectivity index (χ3n) is 4.29. The molecular weight excluding hydrogens is 365 g/mol. The standard InChI is InChI=1S/C19H12FN5OS/c20-11-3-1-10(2-4-11)17-22-14-7-8-16(21)24-18(14)25(17)12-5-6-13-15(9-12)27-19(26)23-13/h1-9H,(H2,21,24)(H,23,26). The molecule has 0 fully saturated rings. The zero-order valence-corrected chi connectivity index (χ0v) is 14.6. The largest absolute Gasteiger partial charge is 0.384 e. The van der Waals surface area contributed by atoms with Gasteiger partial charge in [0.15, 0.2) is 5.65 Å². The van der Waals surface area contributed by atoms with Gasteiger partial charge in [0.2, 0.25) is 0 Å². The van der Waals surface area contributed by atoms with Gasteiger partial charge in [0.1, 0.15) is 23.0 Å². The fourth-order valence-corrected chi connectivity index (χ4v) is 3.85. The Morgan fingerprint density at radius 3 is 2.67 bits per heavy atom. The van der Waals surface area contributed by atoms with Gasteiger partial charge in [-0.15, -0.1) is 0 Å². The molecule has 0 spiro atoms. The van der Waals surface area contributed by atoms with E-state index in [1.165, 1.54) is 12.1 Å². The van der Waals surface area contributed by atoms with Crippen LogP contribution < -0.4 is 10.6 Å². The van der Waals surface area contributed by atoms with Gasteiger partial charge < -0.3 is 10.7 Å². The van der Waals surface area contributed by atoms with Crippen molar-refractivity contribution in [1.82, 2.24) is 19.5 Å². The molecule has 5 aromatic rings. The van der Waals surface area contributed by atoms with E-state index in [2.05, 4.69) is 15.0 Å².